The predicted molar refractivity (Wildman–Crippen MR) is 130 cm³/mol. The molecular weight excluding hydrogens is 477 g/mol. The smallest absolute Gasteiger partial charge is 0.191 e. The minimum absolute atomic E-state index is 0.295. The number of rotatable bonds is 5. The van der Waals surface area contributed by atoms with E-state index in [1.807, 2.05) is 65.5 Å². The molecule has 2 N–H and O–H groups in total. The molecule has 0 fully saturated rings. The number of benzene rings is 3. The van der Waals surface area contributed by atoms with Crippen LogP contribution in [0.3, 0.4) is 0 Å². The van der Waals surface area contributed by atoms with Crippen molar-refractivity contribution in [1.29, 1.82) is 0 Å². The second-order valence-corrected chi connectivity index (χ2v) is 7.88. The van der Waals surface area contributed by atoms with Crippen LogP contribution in [0.1, 0.15) is 5.56 Å². The summed E-state index contributed by atoms with van der Waals surface area (Å²) in [5.74, 6) is -0.307. The number of aromatic nitrogens is 2. The summed E-state index contributed by atoms with van der Waals surface area (Å²) in [6, 6.07) is 23.7. The van der Waals surface area contributed by atoms with Gasteiger partial charge in [0.2, 0.25) is 0 Å². The molecule has 0 saturated carbocycles. The Morgan fingerprint density at radius 3 is 2.42 bits per heavy atom. The van der Waals surface area contributed by atoms with Crippen LogP contribution < -0.4 is 10.7 Å². The van der Waals surface area contributed by atoms with Crippen molar-refractivity contribution < 1.29 is 4.39 Å². The van der Waals surface area contributed by atoms with E-state index in [9.17, 15) is 4.39 Å². The van der Waals surface area contributed by atoms with Crippen molar-refractivity contribution in [3.8, 4) is 16.9 Å². The van der Waals surface area contributed by atoms with Gasteiger partial charge in [-0.1, -0.05) is 46.3 Å². The number of nitrogens with one attached hydrogen (secondary N) is 2. The number of hydrogen-bond donors (Lipinski definition) is 2. The molecule has 0 spiro atoms. The average molecular weight is 494 g/mol. The molecule has 0 saturated heterocycles. The van der Waals surface area contributed by atoms with Crippen LogP contribution in [0.2, 0.25) is 0 Å². The summed E-state index contributed by atoms with van der Waals surface area (Å²) >= 11 is 8.71. The Hall–Kier alpha value is -3.36. The summed E-state index contributed by atoms with van der Waals surface area (Å²) in [4.78, 5) is 0. The van der Waals surface area contributed by atoms with Crippen molar-refractivity contribution in [2.75, 3.05) is 5.32 Å². The number of para-hydroxylation sites is 1. The first-order chi connectivity index (χ1) is 15.1. The fourth-order valence-electron chi connectivity index (χ4n) is 2.88. The van der Waals surface area contributed by atoms with Crippen molar-refractivity contribution in [1.82, 2.24) is 15.2 Å². The summed E-state index contributed by atoms with van der Waals surface area (Å²) in [6.07, 6.45) is 3.58. The van der Waals surface area contributed by atoms with Crippen LogP contribution >= 0.6 is 28.1 Å². The van der Waals surface area contributed by atoms with E-state index in [1.54, 1.807) is 18.3 Å². The highest BCUT2D eigenvalue weighted by Crippen LogP contribution is 2.24. The first-order valence-corrected chi connectivity index (χ1v) is 10.6. The number of hydrogen-bond acceptors (Lipinski definition) is 3. The van der Waals surface area contributed by atoms with Crippen LogP contribution in [0.4, 0.5) is 10.1 Å². The fraction of sp³-hybridized carbons (Fsp3) is 0. The normalized spacial score (nSPS) is 10.9. The average Bonchev–Trinajstić information content (AvgIpc) is 3.21. The summed E-state index contributed by atoms with van der Waals surface area (Å²) in [5, 5.41) is 12.3. The van der Waals surface area contributed by atoms with Gasteiger partial charge in [0.1, 0.15) is 11.5 Å². The van der Waals surface area contributed by atoms with Gasteiger partial charge in [-0.25, -0.2) is 9.07 Å². The van der Waals surface area contributed by atoms with Gasteiger partial charge in [0.25, 0.3) is 0 Å². The zero-order valence-corrected chi connectivity index (χ0v) is 18.6. The zero-order chi connectivity index (χ0) is 21.6. The Morgan fingerprint density at radius 1 is 1.00 bits per heavy atom. The van der Waals surface area contributed by atoms with Crippen molar-refractivity contribution in [3.63, 3.8) is 0 Å². The summed E-state index contributed by atoms with van der Waals surface area (Å²) in [5.41, 5.74) is 6.97. The molecule has 1 heterocycles. The number of nitrogens with zero attached hydrogens (tertiary/aromatic N) is 3. The first-order valence-electron chi connectivity index (χ1n) is 9.35. The summed E-state index contributed by atoms with van der Waals surface area (Å²) in [6.45, 7) is 0. The Bertz CT molecular complexity index is 1210. The third-order valence-electron chi connectivity index (χ3n) is 4.35. The van der Waals surface area contributed by atoms with Gasteiger partial charge in [0, 0.05) is 27.5 Å². The maximum Gasteiger partial charge on any atom is 0.191 e. The molecule has 0 atom stereocenters. The molecule has 0 unspecified atom stereocenters. The van der Waals surface area contributed by atoms with E-state index in [4.69, 9.17) is 17.3 Å². The first kappa shape index (κ1) is 20.9. The van der Waals surface area contributed by atoms with Crippen molar-refractivity contribution >= 4 is 45.2 Å². The van der Waals surface area contributed by atoms with Gasteiger partial charge in [-0.15, -0.1) is 0 Å². The maximum absolute atomic E-state index is 13.0. The third-order valence-corrected chi connectivity index (χ3v) is 5.07. The largest absolute Gasteiger partial charge is 0.331 e. The van der Waals surface area contributed by atoms with Crippen molar-refractivity contribution in [2.45, 2.75) is 0 Å². The minimum atomic E-state index is -0.307. The second kappa shape index (κ2) is 9.63. The van der Waals surface area contributed by atoms with E-state index in [0.717, 1.165) is 27.0 Å². The van der Waals surface area contributed by atoms with Crippen LogP contribution in [0.15, 0.2) is 94.6 Å². The fourth-order valence-corrected chi connectivity index (χ4v) is 3.31. The van der Waals surface area contributed by atoms with E-state index in [1.165, 1.54) is 12.1 Å². The molecule has 0 radical (unpaired) electrons. The quantitative estimate of drug-likeness (QED) is 0.211. The number of halogens is 2. The molecule has 5 nitrogen and oxygen atoms in total. The van der Waals surface area contributed by atoms with Gasteiger partial charge >= 0.3 is 0 Å². The molecule has 0 amide bonds. The van der Waals surface area contributed by atoms with E-state index in [0.29, 0.717) is 10.8 Å². The summed E-state index contributed by atoms with van der Waals surface area (Å²) < 4.78 is 15.8. The topological polar surface area (TPSA) is 54.2 Å². The minimum Gasteiger partial charge on any atom is -0.331 e. The summed E-state index contributed by atoms with van der Waals surface area (Å²) in [7, 11) is 0. The molecule has 0 aliphatic heterocycles. The molecule has 1 aromatic heterocycles. The lowest BCUT2D eigenvalue weighted by atomic mass is 10.1. The SMILES string of the molecule is Fc1ccc(NC(=S)N/N=C\c2cn(-c3ccccc3)nc2-c2ccc(Br)cc2)cc1. The van der Waals surface area contributed by atoms with Crippen LogP contribution in [0.25, 0.3) is 16.9 Å². The molecule has 8 heteroatoms. The van der Waals surface area contributed by atoms with Gasteiger partial charge in [-0.3, -0.25) is 5.43 Å². The van der Waals surface area contributed by atoms with Crippen LogP contribution in [-0.2, 0) is 0 Å². The van der Waals surface area contributed by atoms with E-state index >= 15 is 0 Å². The number of hydrazone groups is 1. The van der Waals surface area contributed by atoms with Crippen LogP contribution in [-0.4, -0.2) is 21.1 Å². The number of thiocarbonyl (C=S) groups is 1. The monoisotopic (exact) mass is 493 g/mol. The second-order valence-electron chi connectivity index (χ2n) is 6.55. The van der Waals surface area contributed by atoms with E-state index in [-0.39, 0.29) is 5.82 Å². The van der Waals surface area contributed by atoms with Gasteiger partial charge in [-0.05, 0) is 60.7 Å². The van der Waals surface area contributed by atoms with Gasteiger partial charge in [0.15, 0.2) is 5.11 Å². The third kappa shape index (κ3) is 5.42. The Labute approximate surface area is 192 Å². The lowest BCUT2D eigenvalue weighted by Crippen LogP contribution is -2.23. The molecule has 0 aliphatic rings. The molecule has 4 aromatic rings. The molecule has 4 rings (SSSR count). The standard InChI is InChI=1S/C23H17BrFN5S/c24-18-8-6-16(7-9-18)22-17(15-30(29-22)21-4-2-1-3-5-21)14-26-28-23(31)27-20-12-10-19(25)11-13-20/h1-15H,(H2,27,28,31)/b26-14-. The highest BCUT2D eigenvalue weighted by atomic mass is 79.9. The zero-order valence-electron chi connectivity index (χ0n) is 16.2. The van der Waals surface area contributed by atoms with Gasteiger partial charge < -0.3 is 5.32 Å². The highest BCUT2D eigenvalue weighted by Gasteiger charge is 2.11. The molecule has 31 heavy (non-hydrogen) atoms. The molecule has 154 valence electrons. The molecule has 3 aromatic carbocycles. The maximum atomic E-state index is 13.0. The van der Waals surface area contributed by atoms with Crippen molar-refractivity contribution in [3.05, 3.63) is 101 Å². The Balaban J connectivity index is 1.55. The van der Waals surface area contributed by atoms with Gasteiger partial charge in [-0.2, -0.15) is 10.2 Å². The lowest BCUT2D eigenvalue weighted by Gasteiger charge is -2.06. The molecule has 0 bridgehead atoms. The molecule has 0 aliphatic carbocycles. The number of anilines is 1. The predicted octanol–water partition coefficient (Wildman–Crippen LogP) is 5.76. The van der Waals surface area contributed by atoms with Crippen LogP contribution in [0.5, 0.6) is 0 Å². The van der Waals surface area contributed by atoms with Gasteiger partial charge in [0.05, 0.1) is 11.9 Å². The van der Waals surface area contributed by atoms with E-state index in [2.05, 4.69) is 31.8 Å². The Kier molecular flexibility index (Phi) is 6.49. The van der Waals surface area contributed by atoms with Crippen LogP contribution in [0, 0.1) is 5.82 Å². The lowest BCUT2D eigenvalue weighted by molar-refractivity contribution is 0.628. The Morgan fingerprint density at radius 2 is 1.71 bits per heavy atom. The molecular formula is C23H17BrFN5S. The van der Waals surface area contributed by atoms with E-state index < -0.39 is 0 Å². The van der Waals surface area contributed by atoms with Crippen molar-refractivity contribution in [2.24, 2.45) is 5.10 Å². The highest BCUT2D eigenvalue weighted by molar-refractivity contribution is 9.10.